The van der Waals surface area contributed by atoms with Gasteiger partial charge in [0, 0.05) is 12.6 Å². The van der Waals surface area contributed by atoms with Gasteiger partial charge in [0.1, 0.15) is 0 Å². The Morgan fingerprint density at radius 2 is 1.67 bits per heavy atom. The second-order valence-electron chi connectivity index (χ2n) is 6.39. The average Bonchev–Trinajstić information content (AvgIpc) is 2.98. The van der Waals surface area contributed by atoms with Crippen LogP contribution in [0.2, 0.25) is 0 Å². The number of aliphatic hydroxyl groups excluding tert-OH is 1. The third-order valence-electron chi connectivity index (χ3n) is 4.51. The van der Waals surface area contributed by atoms with Gasteiger partial charge < -0.3 is 9.84 Å². The number of aromatic nitrogens is 2. The quantitative estimate of drug-likeness (QED) is 0.289. The fraction of sp³-hybridized carbons (Fsp3) is 0.182. The molecular weight excluding hydrogens is 384 g/mol. The smallest absolute Gasteiger partial charge is 0.362 e. The van der Waals surface area contributed by atoms with Gasteiger partial charge in [-0.3, -0.25) is 9.48 Å². The summed E-state index contributed by atoms with van der Waals surface area (Å²) >= 11 is 0. The van der Waals surface area contributed by atoms with Crippen molar-refractivity contribution in [3.05, 3.63) is 88.0 Å². The number of azo groups is 1. The molecule has 0 aliphatic heterocycles. The monoisotopic (exact) mass is 406 g/mol. The van der Waals surface area contributed by atoms with Crippen molar-refractivity contribution in [3.63, 3.8) is 0 Å². The maximum Gasteiger partial charge on any atom is 0.362 e. The van der Waals surface area contributed by atoms with Crippen molar-refractivity contribution in [2.24, 2.45) is 17.3 Å². The first-order valence-corrected chi connectivity index (χ1v) is 9.37. The number of rotatable bonds is 6. The van der Waals surface area contributed by atoms with Crippen LogP contribution in [-0.4, -0.2) is 27.0 Å². The van der Waals surface area contributed by atoms with Crippen LogP contribution in [0, 0.1) is 6.92 Å². The third-order valence-corrected chi connectivity index (χ3v) is 4.51. The number of ether oxygens (including phenoxy) is 1. The van der Waals surface area contributed by atoms with Gasteiger partial charge in [0.15, 0.2) is 11.4 Å². The van der Waals surface area contributed by atoms with Gasteiger partial charge >= 0.3 is 5.97 Å². The molecule has 0 unspecified atom stereocenters. The van der Waals surface area contributed by atoms with Gasteiger partial charge in [-0.1, -0.05) is 48.5 Å². The number of para-hydroxylation sites is 1. The Hall–Kier alpha value is -3.94. The molecule has 0 saturated heterocycles. The van der Waals surface area contributed by atoms with E-state index >= 15 is 0 Å². The van der Waals surface area contributed by atoms with Crippen LogP contribution in [-0.2, 0) is 16.6 Å². The maximum absolute atomic E-state index is 13.0. The van der Waals surface area contributed by atoms with E-state index in [1.165, 1.54) is 4.68 Å². The van der Waals surface area contributed by atoms with Crippen molar-refractivity contribution in [1.82, 2.24) is 9.36 Å². The van der Waals surface area contributed by atoms with Crippen LogP contribution in [0.4, 0.5) is 5.69 Å². The Kier molecular flexibility index (Phi) is 6.26. The number of hydrogen-bond acceptors (Lipinski definition) is 6. The first-order valence-electron chi connectivity index (χ1n) is 9.37. The minimum Gasteiger partial charge on any atom is -0.505 e. The molecule has 0 spiro atoms. The van der Waals surface area contributed by atoms with Crippen LogP contribution in [0.3, 0.4) is 0 Å². The molecule has 0 aliphatic rings. The lowest BCUT2D eigenvalue weighted by Gasteiger charge is -2.07. The van der Waals surface area contributed by atoms with Crippen LogP contribution >= 0.6 is 0 Å². The van der Waals surface area contributed by atoms with Gasteiger partial charge in [-0.15, -0.1) is 10.2 Å². The summed E-state index contributed by atoms with van der Waals surface area (Å²) in [6.45, 7) is 3.47. The summed E-state index contributed by atoms with van der Waals surface area (Å²) in [5.74, 6) is -1.21. The van der Waals surface area contributed by atoms with Crippen molar-refractivity contribution < 1.29 is 14.6 Å². The molecule has 0 radical (unpaired) electrons. The molecule has 0 saturated carbocycles. The lowest BCUT2D eigenvalue weighted by molar-refractivity contribution is -0.138. The van der Waals surface area contributed by atoms with Crippen LogP contribution in [0.25, 0.3) is 11.4 Å². The molecule has 8 heteroatoms. The van der Waals surface area contributed by atoms with Crippen molar-refractivity contribution in [3.8, 4) is 5.69 Å². The van der Waals surface area contributed by atoms with Gasteiger partial charge in [0.25, 0.3) is 5.56 Å². The summed E-state index contributed by atoms with van der Waals surface area (Å²) in [7, 11) is 1.73. The molecule has 1 N–H and O–H groups in total. The summed E-state index contributed by atoms with van der Waals surface area (Å²) in [6, 6.07) is 17.6. The topological polar surface area (TPSA) is 98.2 Å². The Morgan fingerprint density at radius 3 is 2.27 bits per heavy atom. The molecule has 2 aromatic carbocycles. The SMILES string of the molecule is CCOC(=O)/C(N=Nc1c(C)n(C)n(-c2ccccc2)c1=O)=C(\O)c1ccccc1. The van der Waals surface area contributed by atoms with E-state index in [0.29, 0.717) is 16.9 Å². The number of carbonyl (C=O) groups is 1. The number of carbonyl (C=O) groups excluding carboxylic acids is 1. The highest BCUT2D eigenvalue weighted by atomic mass is 16.5. The summed E-state index contributed by atoms with van der Waals surface area (Å²) in [6.07, 6.45) is 0. The second-order valence-corrected chi connectivity index (χ2v) is 6.39. The van der Waals surface area contributed by atoms with E-state index in [1.54, 1.807) is 68.0 Å². The fourth-order valence-electron chi connectivity index (χ4n) is 2.89. The van der Waals surface area contributed by atoms with Crippen LogP contribution in [0.1, 0.15) is 18.2 Å². The van der Waals surface area contributed by atoms with Crippen molar-refractivity contribution in [2.75, 3.05) is 6.61 Å². The van der Waals surface area contributed by atoms with E-state index < -0.39 is 11.5 Å². The fourth-order valence-corrected chi connectivity index (χ4v) is 2.89. The highest BCUT2D eigenvalue weighted by Crippen LogP contribution is 2.22. The first kappa shape index (κ1) is 20.8. The van der Waals surface area contributed by atoms with E-state index in [9.17, 15) is 14.7 Å². The van der Waals surface area contributed by atoms with E-state index in [2.05, 4.69) is 10.2 Å². The molecule has 0 fully saturated rings. The molecule has 0 bridgehead atoms. The van der Waals surface area contributed by atoms with E-state index in [-0.39, 0.29) is 23.8 Å². The number of hydrogen-bond donors (Lipinski definition) is 1. The van der Waals surface area contributed by atoms with Gasteiger partial charge in [-0.05, 0) is 26.0 Å². The number of aliphatic hydroxyl groups is 1. The molecule has 0 atom stereocenters. The predicted molar refractivity (Wildman–Crippen MR) is 113 cm³/mol. The van der Waals surface area contributed by atoms with Gasteiger partial charge in [-0.25, -0.2) is 9.48 Å². The molecule has 1 aromatic heterocycles. The number of esters is 1. The second kappa shape index (κ2) is 9.04. The molecule has 154 valence electrons. The zero-order chi connectivity index (χ0) is 21.7. The van der Waals surface area contributed by atoms with Crippen LogP contribution < -0.4 is 5.56 Å². The van der Waals surface area contributed by atoms with Crippen molar-refractivity contribution >= 4 is 17.4 Å². The normalized spacial score (nSPS) is 12.1. The van der Waals surface area contributed by atoms with Gasteiger partial charge in [0.05, 0.1) is 18.0 Å². The maximum atomic E-state index is 13.0. The standard InChI is InChI=1S/C22H22N4O4/c1-4-30-22(29)19(20(27)16-11-7-5-8-12-16)24-23-18-15(2)25(3)26(21(18)28)17-13-9-6-10-14-17/h5-14,27H,4H2,1-3H3/b20-19+,24-23?. The van der Waals surface area contributed by atoms with E-state index in [1.807, 2.05) is 18.2 Å². The minimum atomic E-state index is -0.834. The zero-order valence-corrected chi connectivity index (χ0v) is 16.9. The summed E-state index contributed by atoms with van der Waals surface area (Å²) < 4.78 is 8.10. The lowest BCUT2D eigenvalue weighted by Crippen LogP contribution is -2.19. The highest BCUT2D eigenvalue weighted by molar-refractivity contribution is 5.95. The molecule has 0 aliphatic carbocycles. The molecule has 3 aromatic rings. The molecule has 0 amide bonds. The predicted octanol–water partition coefficient (Wildman–Crippen LogP) is 4.06. The molecule has 1 heterocycles. The molecule has 30 heavy (non-hydrogen) atoms. The Bertz CT molecular complexity index is 1160. The molecule has 3 rings (SSSR count). The highest BCUT2D eigenvalue weighted by Gasteiger charge is 2.20. The van der Waals surface area contributed by atoms with Crippen molar-refractivity contribution in [1.29, 1.82) is 0 Å². The lowest BCUT2D eigenvalue weighted by atomic mass is 10.1. The van der Waals surface area contributed by atoms with E-state index in [0.717, 1.165) is 0 Å². The Labute approximate surface area is 173 Å². The van der Waals surface area contributed by atoms with E-state index in [4.69, 9.17) is 4.74 Å². The average molecular weight is 406 g/mol. The number of benzene rings is 2. The summed E-state index contributed by atoms with van der Waals surface area (Å²) in [5, 5.41) is 18.5. The zero-order valence-electron chi connectivity index (χ0n) is 16.9. The summed E-state index contributed by atoms with van der Waals surface area (Å²) in [4.78, 5) is 25.3. The van der Waals surface area contributed by atoms with Crippen LogP contribution in [0.5, 0.6) is 0 Å². The Morgan fingerprint density at radius 1 is 1.07 bits per heavy atom. The molecule has 8 nitrogen and oxygen atoms in total. The van der Waals surface area contributed by atoms with Crippen molar-refractivity contribution in [2.45, 2.75) is 13.8 Å². The molecular formula is C22H22N4O4. The van der Waals surface area contributed by atoms with Gasteiger partial charge in [0.2, 0.25) is 5.70 Å². The van der Waals surface area contributed by atoms with Crippen LogP contribution in [0.15, 0.2) is 81.4 Å². The minimum absolute atomic E-state index is 0.0593. The largest absolute Gasteiger partial charge is 0.505 e. The van der Waals surface area contributed by atoms with Gasteiger partial charge in [-0.2, -0.15) is 0 Å². The Balaban J connectivity index is 2.10. The number of nitrogens with zero attached hydrogens (tertiary/aromatic N) is 4. The third kappa shape index (κ3) is 4.07. The first-order chi connectivity index (χ1) is 14.5. The summed E-state index contributed by atoms with van der Waals surface area (Å²) in [5.41, 5.74) is 0.886.